The van der Waals surface area contributed by atoms with Crippen LogP contribution in [0.2, 0.25) is 0 Å². The van der Waals surface area contributed by atoms with E-state index < -0.39 is 5.41 Å². The molecule has 7 heteroatoms. The largest absolute Gasteiger partial charge is 0.488 e. The Morgan fingerprint density at radius 1 is 1.36 bits per heavy atom. The maximum Gasteiger partial charge on any atom is 0.227 e. The molecule has 1 fully saturated rings. The molecule has 0 spiro atoms. The third kappa shape index (κ3) is 6.41. The van der Waals surface area contributed by atoms with E-state index in [1.165, 1.54) is 0 Å². The van der Waals surface area contributed by atoms with Crippen LogP contribution >= 0.6 is 0 Å². The zero-order valence-corrected chi connectivity index (χ0v) is 17.7. The van der Waals surface area contributed by atoms with Crippen LogP contribution in [-0.4, -0.2) is 51.3 Å². The number of benzene rings is 1. The SMILES string of the molecule is CCNC(=NCc1ccc(C)cc1OC1CCOC1)NCC(C)(C)C(=O)NC. The summed E-state index contributed by atoms with van der Waals surface area (Å²) in [5.41, 5.74) is 1.64. The van der Waals surface area contributed by atoms with Crippen molar-refractivity contribution in [3.8, 4) is 5.75 Å². The van der Waals surface area contributed by atoms with E-state index >= 15 is 0 Å². The molecule has 1 atom stereocenters. The lowest BCUT2D eigenvalue weighted by atomic mass is 9.92. The number of guanidine groups is 1. The van der Waals surface area contributed by atoms with Crippen molar-refractivity contribution in [1.82, 2.24) is 16.0 Å². The van der Waals surface area contributed by atoms with E-state index in [4.69, 9.17) is 9.47 Å². The predicted octanol–water partition coefficient (Wildman–Crippen LogP) is 1.99. The fourth-order valence-electron chi connectivity index (χ4n) is 2.92. The van der Waals surface area contributed by atoms with Crippen LogP contribution in [0.3, 0.4) is 0 Å². The summed E-state index contributed by atoms with van der Waals surface area (Å²) < 4.78 is 11.6. The van der Waals surface area contributed by atoms with Gasteiger partial charge in [0.05, 0.1) is 25.2 Å². The standard InChI is InChI=1S/C21H34N4O3/c1-6-23-20(25-14-21(3,4)19(26)22-5)24-12-16-8-7-15(2)11-18(16)28-17-9-10-27-13-17/h7-8,11,17H,6,9-10,12-14H2,1-5H3,(H,22,26)(H2,23,24,25). The average molecular weight is 391 g/mol. The number of carbonyl (C=O) groups is 1. The molecule has 1 aliphatic heterocycles. The highest BCUT2D eigenvalue weighted by atomic mass is 16.5. The average Bonchev–Trinajstić information content (AvgIpc) is 3.17. The molecule has 1 aliphatic rings. The van der Waals surface area contributed by atoms with E-state index in [2.05, 4.69) is 46.1 Å². The lowest BCUT2D eigenvalue weighted by Crippen LogP contribution is -2.47. The topological polar surface area (TPSA) is 84.0 Å². The Morgan fingerprint density at radius 3 is 2.79 bits per heavy atom. The first-order valence-electron chi connectivity index (χ1n) is 9.94. The molecule has 0 bridgehead atoms. The number of hydrogen-bond acceptors (Lipinski definition) is 4. The normalized spacial score (nSPS) is 17.3. The van der Waals surface area contributed by atoms with Crippen LogP contribution in [0, 0.1) is 12.3 Å². The molecule has 28 heavy (non-hydrogen) atoms. The summed E-state index contributed by atoms with van der Waals surface area (Å²) in [5, 5.41) is 9.20. The predicted molar refractivity (Wildman–Crippen MR) is 112 cm³/mol. The summed E-state index contributed by atoms with van der Waals surface area (Å²) in [6, 6.07) is 6.18. The smallest absolute Gasteiger partial charge is 0.227 e. The summed E-state index contributed by atoms with van der Waals surface area (Å²) >= 11 is 0. The third-order valence-corrected chi connectivity index (χ3v) is 4.70. The number of ether oxygens (including phenoxy) is 2. The molecule has 1 aromatic rings. The number of hydrogen-bond donors (Lipinski definition) is 3. The third-order valence-electron chi connectivity index (χ3n) is 4.70. The Kier molecular flexibility index (Phi) is 8.11. The minimum atomic E-state index is -0.536. The number of amides is 1. The first kappa shape index (κ1) is 22.0. The van der Waals surface area contributed by atoms with Gasteiger partial charge < -0.3 is 25.4 Å². The first-order valence-corrected chi connectivity index (χ1v) is 9.94. The maximum atomic E-state index is 12.0. The molecule has 3 N–H and O–H groups in total. The van der Waals surface area contributed by atoms with Crippen LogP contribution in [0.1, 0.15) is 38.3 Å². The van der Waals surface area contributed by atoms with Crippen molar-refractivity contribution in [3.63, 3.8) is 0 Å². The molecule has 0 aromatic heterocycles. The van der Waals surface area contributed by atoms with Gasteiger partial charge in [-0.25, -0.2) is 4.99 Å². The van der Waals surface area contributed by atoms with Gasteiger partial charge in [-0.3, -0.25) is 4.79 Å². The Morgan fingerprint density at radius 2 is 2.14 bits per heavy atom. The minimum Gasteiger partial charge on any atom is -0.488 e. The second-order valence-electron chi connectivity index (χ2n) is 7.73. The van der Waals surface area contributed by atoms with Gasteiger partial charge in [-0.15, -0.1) is 0 Å². The number of nitrogens with zero attached hydrogens (tertiary/aromatic N) is 1. The fourth-order valence-corrected chi connectivity index (χ4v) is 2.92. The van der Waals surface area contributed by atoms with Crippen molar-refractivity contribution in [2.75, 3.05) is 33.4 Å². The van der Waals surface area contributed by atoms with E-state index in [0.29, 0.717) is 25.7 Å². The second-order valence-corrected chi connectivity index (χ2v) is 7.73. The summed E-state index contributed by atoms with van der Waals surface area (Å²) in [6.45, 7) is 11.0. The molecular formula is C21H34N4O3. The summed E-state index contributed by atoms with van der Waals surface area (Å²) in [6.07, 6.45) is 1.01. The molecule has 1 saturated heterocycles. The number of carbonyl (C=O) groups excluding carboxylic acids is 1. The molecule has 7 nitrogen and oxygen atoms in total. The van der Waals surface area contributed by atoms with Gasteiger partial charge in [-0.1, -0.05) is 12.1 Å². The highest BCUT2D eigenvalue weighted by molar-refractivity contribution is 5.84. The monoisotopic (exact) mass is 390 g/mol. The van der Waals surface area contributed by atoms with Crippen LogP contribution in [0.5, 0.6) is 5.75 Å². The number of nitrogens with one attached hydrogen (secondary N) is 3. The van der Waals surface area contributed by atoms with Gasteiger partial charge in [0.2, 0.25) is 5.91 Å². The van der Waals surface area contributed by atoms with Gasteiger partial charge in [0, 0.05) is 32.1 Å². The molecule has 0 saturated carbocycles. The molecule has 0 radical (unpaired) electrons. The van der Waals surface area contributed by atoms with E-state index in [9.17, 15) is 4.79 Å². The van der Waals surface area contributed by atoms with E-state index in [1.807, 2.05) is 20.8 Å². The van der Waals surface area contributed by atoms with Crippen molar-refractivity contribution >= 4 is 11.9 Å². The molecule has 2 rings (SSSR count). The lowest BCUT2D eigenvalue weighted by Gasteiger charge is -2.24. The number of aryl methyl sites for hydroxylation is 1. The van der Waals surface area contributed by atoms with Crippen molar-refractivity contribution in [2.45, 2.75) is 46.8 Å². The second kappa shape index (κ2) is 10.3. The van der Waals surface area contributed by atoms with Crippen LogP contribution in [0.15, 0.2) is 23.2 Å². The molecule has 0 aliphatic carbocycles. The highest BCUT2D eigenvalue weighted by Crippen LogP contribution is 2.24. The van der Waals surface area contributed by atoms with E-state index in [-0.39, 0.29) is 12.0 Å². The van der Waals surface area contributed by atoms with Gasteiger partial charge in [0.15, 0.2) is 5.96 Å². The van der Waals surface area contributed by atoms with E-state index in [0.717, 1.165) is 36.4 Å². The van der Waals surface area contributed by atoms with Gasteiger partial charge in [-0.2, -0.15) is 0 Å². The summed E-state index contributed by atoms with van der Waals surface area (Å²) in [5.74, 6) is 1.53. The lowest BCUT2D eigenvalue weighted by molar-refractivity contribution is -0.128. The van der Waals surface area contributed by atoms with Gasteiger partial charge in [0.1, 0.15) is 11.9 Å². The zero-order chi connectivity index (χ0) is 20.6. The zero-order valence-electron chi connectivity index (χ0n) is 17.7. The van der Waals surface area contributed by atoms with Crippen molar-refractivity contribution in [1.29, 1.82) is 0 Å². The summed E-state index contributed by atoms with van der Waals surface area (Å²) in [7, 11) is 1.65. The molecule has 1 heterocycles. The van der Waals surface area contributed by atoms with Crippen molar-refractivity contribution in [2.24, 2.45) is 10.4 Å². The molecular weight excluding hydrogens is 356 g/mol. The Labute approximate surface area is 168 Å². The Bertz CT molecular complexity index is 682. The Hall–Kier alpha value is -2.28. The number of aliphatic imine (C=N–C) groups is 1. The fraction of sp³-hybridized carbons (Fsp3) is 0.619. The van der Waals surface area contributed by atoms with Gasteiger partial charge in [0.25, 0.3) is 0 Å². The van der Waals surface area contributed by atoms with Crippen LogP contribution in [0.25, 0.3) is 0 Å². The molecule has 156 valence electrons. The van der Waals surface area contributed by atoms with Gasteiger partial charge in [-0.05, 0) is 39.3 Å². The first-order chi connectivity index (χ1) is 13.4. The number of rotatable bonds is 8. The van der Waals surface area contributed by atoms with Crippen molar-refractivity contribution < 1.29 is 14.3 Å². The van der Waals surface area contributed by atoms with E-state index in [1.54, 1.807) is 7.05 Å². The van der Waals surface area contributed by atoms with Gasteiger partial charge >= 0.3 is 0 Å². The summed E-state index contributed by atoms with van der Waals surface area (Å²) in [4.78, 5) is 16.7. The van der Waals surface area contributed by atoms with Crippen LogP contribution < -0.4 is 20.7 Å². The highest BCUT2D eigenvalue weighted by Gasteiger charge is 2.26. The molecule has 1 unspecified atom stereocenters. The van der Waals surface area contributed by atoms with Crippen LogP contribution in [-0.2, 0) is 16.1 Å². The molecule has 1 amide bonds. The quantitative estimate of drug-likeness (QED) is 0.467. The Balaban J connectivity index is 2.08. The minimum absolute atomic E-state index is 0.0103. The molecule has 1 aromatic carbocycles. The van der Waals surface area contributed by atoms with Crippen molar-refractivity contribution in [3.05, 3.63) is 29.3 Å². The van der Waals surface area contributed by atoms with Crippen LogP contribution in [0.4, 0.5) is 0 Å². The maximum absolute atomic E-state index is 12.0.